The number of fused-ring (bicyclic) bond motifs is 5. The Kier molecular flexibility index (Phi) is 20.8. The molecular weight excluding hydrogens is 1150 g/mol. The molecule has 2 atom stereocenters. The van der Waals surface area contributed by atoms with E-state index in [4.69, 9.17) is 51.9 Å². The van der Waals surface area contributed by atoms with E-state index in [-0.39, 0.29) is 39.5 Å². The van der Waals surface area contributed by atoms with Crippen molar-refractivity contribution in [2.24, 2.45) is 0 Å². The number of aromatic hydroxyl groups is 1. The second kappa shape index (κ2) is 26.1. The Bertz CT molecular complexity index is 3210. The number of rotatable bonds is 10. The van der Waals surface area contributed by atoms with Crippen LogP contribution < -0.4 is 42.6 Å². The van der Waals surface area contributed by atoms with Gasteiger partial charge in [0.25, 0.3) is 10.1 Å². The molecule has 7 aromatic rings. The van der Waals surface area contributed by atoms with Gasteiger partial charge in [0.05, 0.1) is 43.9 Å². The highest BCUT2D eigenvalue weighted by Crippen LogP contribution is 2.67. The van der Waals surface area contributed by atoms with Gasteiger partial charge in [-0.15, -0.1) is 56.7 Å². The monoisotopic (exact) mass is 1220 g/mol. The number of aryl methyl sites for hydroxylation is 2. The van der Waals surface area contributed by atoms with E-state index in [1.54, 1.807) is 80.9 Å². The van der Waals surface area contributed by atoms with E-state index in [9.17, 15) is 21.4 Å². The molecule has 2 unspecified atom stereocenters. The molecular formula is C56H70O16S7. The first-order valence-electron chi connectivity index (χ1n) is 24.3. The molecule has 10 heterocycles. The van der Waals surface area contributed by atoms with Gasteiger partial charge < -0.3 is 51.9 Å². The van der Waals surface area contributed by atoms with Crippen molar-refractivity contribution >= 4 is 76.9 Å². The van der Waals surface area contributed by atoms with Crippen molar-refractivity contribution in [2.45, 2.75) is 106 Å². The highest BCUT2D eigenvalue weighted by molar-refractivity contribution is 7.86. The molecule has 0 saturated heterocycles. The summed E-state index contributed by atoms with van der Waals surface area (Å²) in [5.41, 5.74) is 2.14. The Morgan fingerprint density at radius 1 is 0.456 bits per heavy atom. The van der Waals surface area contributed by atoms with Crippen LogP contribution in [0.2, 0.25) is 0 Å². The summed E-state index contributed by atoms with van der Waals surface area (Å²) in [6, 6.07) is 12.4. The molecule has 12 rings (SSSR count). The van der Waals surface area contributed by atoms with Crippen molar-refractivity contribution in [3.05, 3.63) is 69.4 Å². The minimum Gasteiger partial charge on any atom is -0.744 e. The van der Waals surface area contributed by atoms with Crippen LogP contribution in [0.4, 0.5) is 0 Å². The fraction of sp³-hybridized carbons (Fsp3) is 0.429. The summed E-state index contributed by atoms with van der Waals surface area (Å²) in [6.07, 6.45) is 1.99. The molecule has 0 spiro atoms. The largest absolute Gasteiger partial charge is 0.744 e. The predicted molar refractivity (Wildman–Crippen MR) is 318 cm³/mol. The summed E-state index contributed by atoms with van der Waals surface area (Å²) < 4.78 is 123. The molecule has 2 aromatic carbocycles. The van der Waals surface area contributed by atoms with Crippen LogP contribution in [0, 0.1) is 13.8 Å². The molecule has 0 fully saturated rings. The first-order valence-corrected chi connectivity index (χ1v) is 31.2. The highest BCUT2D eigenvalue weighted by Gasteiger charge is 2.40. The second-order valence-corrected chi connectivity index (χ2v) is 26.1. The van der Waals surface area contributed by atoms with E-state index in [0.29, 0.717) is 95.2 Å². The molecule has 0 aliphatic carbocycles. The van der Waals surface area contributed by atoms with Gasteiger partial charge in [-0.3, -0.25) is 4.55 Å². The normalized spacial score (nSPS) is 15.1. The predicted octanol–water partition coefficient (Wildman–Crippen LogP) is 15.1. The van der Waals surface area contributed by atoms with Crippen LogP contribution >= 0.6 is 56.7 Å². The zero-order valence-corrected chi connectivity index (χ0v) is 47.4. The van der Waals surface area contributed by atoms with Crippen molar-refractivity contribution in [3.8, 4) is 96.5 Å². The van der Waals surface area contributed by atoms with Crippen molar-refractivity contribution in [1.29, 1.82) is 0 Å². The van der Waals surface area contributed by atoms with Gasteiger partial charge in [0.15, 0.2) is 52.6 Å². The van der Waals surface area contributed by atoms with Crippen LogP contribution in [-0.4, -0.2) is 96.7 Å². The van der Waals surface area contributed by atoms with E-state index in [1.807, 2.05) is 0 Å². The Labute approximate surface area is 484 Å². The lowest BCUT2D eigenvalue weighted by atomic mass is 9.99. The number of ether oxygens (including phenoxy) is 10. The van der Waals surface area contributed by atoms with Crippen LogP contribution in [-0.2, 0) is 20.2 Å². The molecule has 23 heteroatoms. The summed E-state index contributed by atoms with van der Waals surface area (Å²) in [5, 5.41) is 0. The Morgan fingerprint density at radius 2 is 0.747 bits per heavy atom. The quantitative estimate of drug-likeness (QED) is 0.0998. The summed E-state index contributed by atoms with van der Waals surface area (Å²) in [4.78, 5) is 9.68. The topological polar surface area (TPSA) is 207 Å². The average molecular weight is 1220 g/mol. The summed E-state index contributed by atoms with van der Waals surface area (Å²) in [7, 11) is -8.35. The first-order chi connectivity index (χ1) is 36.0. The molecule has 432 valence electrons. The highest BCUT2D eigenvalue weighted by atomic mass is 32.2. The van der Waals surface area contributed by atoms with Crippen LogP contribution in [0.25, 0.3) is 39.0 Å². The smallest absolute Gasteiger partial charge is 0.312 e. The van der Waals surface area contributed by atoms with E-state index in [1.165, 1.54) is 24.3 Å². The van der Waals surface area contributed by atoms with Crippen LogP contribution in [0.15, 0.2) is 58.3 Å². The van der Waals surface area contributed by atoms with Crippen LogP contribution in [0.5, 0.6) is 57.5 Å². The van der Waals surface area contributed by atoms with E-state index in [2.05, 4.69) is 41.5 Å². The summed E-state index contributed by atoms with van der Waals surface area (Å²) >= 11 is 8.19. The van der Waals surface area contributed by atoms with Gasteiger partial charge in [0, 0.05) is 4.88 Å². The number of hydrogen-bond acceptors (Lipinski definition) is 19. The molecule has 0 amide bonds. The number of benzene rings is 2. The minimum absolute atomic E-state index is 0. The summed E-state index contributed by atoms with van der Waals surface area (Å²) in [6.45, 7) is 17.4. The third-order valence-corrected chi connectivity index (χ3v) is 20.9. The van der Waals surface area contributed by atoms with Gasteiger partial charge in [-0.1, -0.05) is 81.7 Å². The molecule has 5 aromatic heterocycles. The summed E-state index contributed by atoms with van der Waals surface area (Å²) in [5.74, 6) is 8.45. The van der Waals surface area contributed by atoms with Gasteiger partial charge in [-0.2, -0.15) is 8.42 Å². The lowest BCUT2D eigenvalue weighted by Crippen LogP contribution is -2.16. The van der Waals surface area contributed by atoms with Crippen molar-refractivity contribution in [3.63, 3.8) is 0 Å². The zero-order valence-electron chi connectivity index (χ0n) is 41.7. The molecule has 0 radical (unpaired) electrons. The van der Waals surface area contributed by atoms with Gasteiger partial charge in [-0.05, 0) is 73.9 Å². The molecule has 0 bridgehead atoms. The van der Waals surface area contributed by atoms with Gasteiger partial charge in [0.1, 0.15) is 72.7 Å². The zero-order chi connectivity index (χ0) is 52.8. The maximum Gasteiger partial charge on any atom is 0.312 e. The minimum atomic E-state index is -4.30. The fourth-order valence-corrected chi connectivity index (χ4v) is 15.8. The lowest BCUT2D eigenvalue weighted by Gasteiger charge is -2.19. The van der Waals surface area contributed by atoms with E-state index in [0.717, 1.165) is 113 Å². The van der Waals surface area contributed by atoms with E-state index < -0.39 is 20.2 Å². The van der Waals surface area contributed by atoms with Crippen molar-refractivity contribution < 1.29 is 73.3 Å². The fourth-order valence-electron chi connectivity index (χ4n) is 8.68. The standard InChI is InChI=1S/C32H26O10S5.2C10H14O3S.4CH4/c1-13-15-17(35-5-3-33-15)25(43-13)27-19-21(39-9-7-37-19)29(45-27)31-23-24(42-12-11-41-23)32(47-31)30-22-20(38-8-10-40-22)28(46-30)26-18-16(14(2)44-26)34-4-6-36-18;2*1-3-8(2)9-4-6-10(7-5-9)14(11,12)13;;;;/h3-12H2,1-2H3;2*4-8H,3H2,1-2H3,(H,11,12,13);4*1H4. The number of aliphatic hydroxyl groups is 1. The molecule has 2 N–H and O–H groups in total. The Hall–Kier alpha value is -5.24. The third kappa shape index (κ3) is 12.6. The Morgan fingerprint density at radius 3 is 1.09 bits per heavy atom. The average Bonchev–Trinajstić information content (AvgIpc) is 4.45. The second-order valence-electron chi connectivity index (χ2n) is 17.8. The molecule has 79 heavy (non-hydrogen) atoms. The van der Waals surface area contributed by atoms with Crippen molar-refractivity contribution in [2.75, 3.05) is 66.1 Å². The van der Waals surface area contributed by atoms with Gasteiger partial charge in [-0.25, -0.2) is 8.42 Å². The van der Waals surface area contributed by atoms with Crippen LogP contribution in [0.1, 0.15) is 103 Å². The number of hydrogen-bond donors (Lipinski definition) is 1. The SMILES string of the molecule is C.C.C.C.CCC(C)c1ccc(S(=O)(=O)O)cc1.CCC(C)c1ccc(S(=O)(=O)[O-])cc1.Cc1sc(-c2sc(-c3sc(-c4sc(-c5sc(C)c6c5OCC[OH+]6)c5c4OCCO5)c4c3OCCO4)c3c2OCCO3)c2c1OCCO2. The molecule has 0 saturated carbocycles. The first kappa shape index (κ1) is 62.9. The van der Waals surface area contributed by atoms with Gasteiger partial charge >= 0.3 is 5.75 Å². The number of thiophene rings is 5. The van der Waals surface area contributed by atoms with Crippen LogP contribution in [0.3, 0.4) is 0 Å². The maximum atomic E-state index is 10.7. The maximum absolute atomic E-state index is 10.7. The van der Waals surface area contributed by atoms with Crippen molar-refractivity contribution in [1.82, 2.24) is 0 Å². The lowest BCUT2D eigenvalue weighted by molar-refractivity contribution is 0.0108. The van der Waals surface area contributed by atoms with E-state index >= 15 is 0 Å². The Balaban J connectivity index is 0.000000262. The third-order valence-electron chi connectivity index (χ3n) is 12.9. The molecule has 5 aliphatic heterocycles. The van der Waals surface area contributed by atoms with Gasteiger partial charge in [0.2, 0.25) is 12.4 Å². The molecule has 5 aliphatic rings. The molecule has 16 nitrogen and oxygen atoms in total.